The molecule has 0 aliphatic rings. The van der Waals surface area contributed by atoms with Crippen LogP contribution in [0.3, 0.4) is 0 Å². The van der Waals surface area contributed by atoms with Crippen LogP contribution < -0.4 is 5.32 Å². The van der Waals surface area contributed by atoms with E-state index in [-0.39, 0.29) is 25.1 Å². The molecule has 0 radical (unpaired) electrons. The number of hydrogen-bond acceptors (Lipinski definition) is 3. The first-order chi connectivity index (χ1) is 9.04. The van der Waals surface area contributed by atoms with Gasteiger partial charge in [-0.2, -0.15) is 0 Å². The second kappa shape index (κ2) is 7.81. The van der Waals surface area contributed by atoms with Gasteiger partial charge < -0.3 is 15.2 Å². The number of amides is 1. The molecule has 1 unspecified atom stereocenters. The Morgan fingerprint density at radius 1 is 1.42 bits per heavy atom. The van der Waals surface area contributed by atoms with Gasteiger partial charge in [-0.1, -0.05) is 6.07 Å². The molecule has 1 aromatic carbocycles. The molecule has 4 nitrogen and oxygen atoms in total. The van der Waals surface area contributed by atoms with Gasteiger partial charge in [-0.15, -0.1) is 0 Å². The van der Waals surface area contributed by atoms with Crippen molar-refractivity contribution in [2.75, 3.05) is 20.3 Å². The van der Waals surface area contributed by atoms with E-state index in [1.54, 1.807) is 0 Å². The van der Waals surface area contributed by atoms with Crippen molar-refractivity contribution in [3.8, 4) is 0 Å². The first-order valence-corrected chi connectivity index (χ1v) is 5.91. The molecular formula is C13H17F2NO3. The Labute approximate surface area is 110 Å². The Morgan fingerprint density at radius 3 is 2.63 bits per heavy atom. The summed E-state index contributed by atoms with van der Waals surface area (Å²) in [4.78, 5) is 11.5. The Hall–Kier alpha value is -1.53. The molecule has 1 atom stereocenters. The van der Waals surface area contributed by atoms with Crippen molar-refractivity contribution in [3.05, 3.63) is 35.4 Å². The van der Waals surface area contributed by atoms with Gasteiger partial charge in [0.25, 0.3) is 0 Å². The van der Waals surface area contributed by atoms with E-state index in [9.17, 15) is 18.7 Å². The quantitative estimate of drug-likeness (QED) is 0.780. The molecule has 0 aliphatic heterocycles. The van der Waals surface area contributed by atoms with E-state index in [1.807, 2.05) is 0 Å². The lowest BCUT2D eigenvalue weighted by Gasteiger charge is -2.10. The highest BCUT2D eigenvalue weighted by Crippen LogP contribution is 2.12. The largest absolute Gasteiger partial charge is 0.391 e. The molecule has 6 heteroatoms. The number of nitrogens with one attached hydrogen (secondary N) is 1. The zero-order chi connectivity index (χ0) is 14.3. The number of carbonyl (C=O) groups is 1. The molecule has 106 valence electrons. The second-order valence-electron chi connectivity index (χ2n) is 4.12. The SMILES string of the molecule is COCC(O)CCNC(=O)Cc1c(F)cccc1F. The first-order valence-electron chi connectivity index (χ1n) is 5.91. The standard InChI is InChI=1S/C13H17F2NO3/c1-19-8-9(17)5-6-16-13(18)7-10-11(14)3-2-4-12(10)15/h2-4,9,17H,5-8H2,1H3,(H,16,18). The number of aliphatic hydroxyl groups excluding tert-OH is 1. The van der Waals surface area contributed by atoms with Crippen LogP contribution in [0.25, 0.3) is 0 Å². The third kappa shape index (κ3) is 5.32. The Kier molecular flexibility index (Phi) is 6.38. The van der Waals surface area contributed by atoms with E-state index in [0.29, 0.717) is 6.42 Å². The third-order valence-corrected chi connectivity index (χ3v) is 2.56. The molecule has 0 aromatic heterocycles. The highest BCUT2D eigenvalue weighted by Gasteiger charge is 2.13. The van der Waals surface area contributed by atoms with E-state index >= 15 is 0 Å². The molecule has 0 fully saturated rings. The van der Waals surface area contributed by atoms with E-state index in [1.165, 1.54) is 13.2 Å². The summed E-state index contributed by atoms with van der Waals surface area (Å²) in [7, 11) is 1.46. The van der Waals surface area contributed by atoms with Crippen LogP contribution in [-0.4, -0.2) is 37.4 Å². The van der Waals surface area contributed by atoms with Crippen molar-refractivity contribution in [2.24, 2.45) is 0 Å². The fourth-order valence-corrected chi connectivity index (χ4v) is 1.58. The van der Waals surface area contributed by atoms with Crippen LogP contribution in [-0.2, 0) is 16.0 Å². The molecule has 0 saturated heterocycles. The zero-order valence-electron chi connectivity index (χ0n) is 10.7. The maximum atomic E-state index is 13.3. The molecule has 2 N–H and O–H groups in total. The smallest absolute Gasteiger partial charge is 0.224 e. The normalized spacial score (nSPS) is 12.2. The average Bonchev–Trinajstić information content (AvgIpc) is 2.34. The van der Waals surface area contributed by atoms with Crippen LogP contribution in [0.4, 0.5) is 8.78 Å². The summed E-state index contributed by atoms with van der Waals surface area (Å²) in [6.07, 6.45) is -0.714. The van der Waals surface area contributed by atoms with Crippen LogP contribution in [0.1, 0.15) is 12.0 Å². The first kappa shape index (κ1) is 15.5. The highest BCUT2D eigenvalue weighted by atomic mass is 19.1. The van der Waals surface area contributed by atoms with E-state index in [2.05, 4.69) is 5.32 Å². The topological polar surface area (TPSA) is 58.6 Å². The predicted molar refractivity (Wildman–Crippen MR) is 65.6 cm³/mol. The molecule has 19 heavy (non-hydrogen) atoms. The van der Waals surface area contributed by atoms with Gasteiger partial charge >= 0.3 is 0 Å². The van der Waals surface area contributed by atoms with Gasteiger partial charge in [0.05, 0.1) is 19.1 Å². The summed E-state index contributed by atoms with van der Waals surface area (Å²) in [5.41, 5.74) is -0.252. The maximum Gasteiger partial charge on any atom is 0.224 e. The maximum absolute atomic E-state index is 13.3. The number of ether oxygens (including phenoxy) is 1. The van der Waals surface area contributed by atoms with Gasteiger partial charge in [-0.25, -0.2) is 8.78 Å². The van der Waals surface area contributed by atoms with E-state index in [0.717, 1.165) is 12.1 Å². The monoisotopic (exact) mass is 273 g/mol. The lowest BCUT2D eigenvalue weighted by Crippen LogP contribution is -2.30. The van der Waals surface area contributed by atoms with Crippen molar-refractivity contribution in [3.63, 3.8) is 0 Å². The predicted octanol–water partition coefficient (Wildman–Crippen LogP) is 1.02. The fraction of sp³-hybridized carbons (Fsp3) is 0.462. The summed E-state index contributed by atoms with van der Waals surface area (Å²) in [5.74, 6) is -1.97. The van der Waals surface area contributed by atoms with E-state index < -0.39 is 23.6 Å². The van der Waals surface area contributed by atoms with Gasteiger partial charge in [-0.05, 0) is 18.6 Å². The van der Waals surface area contributed by atoms with Crippen molar-refractivity contribution in [2.45, 2.75) is 18.9 Å². The molecule has 1 amide bonds. The Bertz CT molecular complexity index is 406. The molecule has 0 bridgehead atoms. The number of rotatable bonds is 7. The third-order valence-electron chi connectivity index (χ3n) is 2.56. The summed E-state index contributed by atoms with van der Waals surface area (Å²) in [6, 6.07) is 3.45. The molecule has 1 rings (SSSR count). The number of carbonyl (C=O) groups excluding carboxylic acids is 1. The van der Waals surface area contributed by atoms with Crippen LogP contribution in [0.2, 0.25) is 0 Å². The van der Waals surface area contributed by atoms with Crippen LogP contribution >= 0.6 is 0 Å². The van der Waals surface area contributed by atoms with Gasteiger partial charge in [0.2, 0.25) is 5.91 Å². The van der Waals surface area contributed by atoms with Crippen molar-refractivity contribution < 1.29 is 23.4 Å². The van der Waals surface area contributed by atoms with Gasteiger partial charge in [0.15, 0.2) is 0 Å². The average molecular weight is 273 g/mol. The lowest BCUT2D eigenvalue weighted by atomic mass is 10.1. The fourth-order valence-electron chi connectivity index (χ4n) is 1.58. The number of hydrogen-bond donors (Lipinski definition) is 2. The van der Waals surface area contributed by atoms with Crippen molar-refractivity contribution in [1.82, 2.24) is 5.32 Å². The van der Waals surface area contributed by atoms with Crippen LogP contribution in [0.15, 0.2) is 18.2 Å². The number of aliphatic hydroxyl groups is 1. The minimum Gasteiger partial charge on any atom is -0.391 e. The highest BCUT2D eigenvalue weighted by molar-refractivity contribution is 5.78. The van der Waals surface area contributed by atoms with E-state index in [4.69, 9.17) is 4.74 Å². The molecular weight excluding hydrogens is 256 g/mol. The molecule has 1 aromatic rings. The minimum absolute atomic E-state index is 0.178. The number of halogens is 2. The van der Waals surface area contributed by atoms with Crippen molar-refractivity contribution in [1.29, 1.82) is 0 Å². The minimum atomic E-state index is -0.741. The van der Waals surface area contributed by atoms with Crippen LogP contribution in [0, 0.1) is 11.6 Å². The summed E-state index contributed by atoms with van der Waals surface area (Å²) in [6.45, 7) is 0.400. The lowest BCUT2D eigenvalue weighted by molar-refractivity contribution is -0.120. The number of benzene rings is 1. The summed E-state index contributed by atoms with van der Waals surface area (Å²) >= 11 is 0. The molecule has 0 saturated carbocycles. The Balaban J connectivity index is 2.39. The van der Waals surface area contributed by atoms with Crippen molar-refractivity contribution >= 4 is 5.91 Å². The summed E-state index contributed by atoms with van der Waals surface area (Å²) in [5, 5.41) is 11.8. The zero-order valence-corrected chi connectivity index (χ0v) is 10.7. The van der Waals surface area contributed by atoms with Crippen LogP contribution in [0.5, 0.6) is 0 Å². The summed E-state index contributed by atoms with van der Waals surface area (Å²) < 4.78 is 31.3. The molecule has 0 aliphatic carbocycles. The van der Waals surface area contributed by atoms with Gasteiger partial charge in [0.1, 0.15) is 11.6 Å². The Morgan fingerprint density at radius 2 is 2.05 bits per heavy atom. The molecule has 0 heterocycles. The van der Waals surface area contributed by atoms with Gasteiger partial charge in [-0.3, -0.25) is 4.79 Å². The molecule has 0 spiro atoms. The number of methoxy groups -OCH3 is 1. The van der Waals surface area contributed by atoms with Gasteiger partial charge in [0, 0.05) is 19.2 Å². The second-order valence-corrected chi connectivity index (χ2v) is 4.12.